The van der Waals surface area contributed by atoms with Crippen LogP contribution >= 0.6 is 15.9 Å². The van der Waals surface area contributed by atoms with E-state index in [2.05, 4.69) is 22.5 Å². The van der Waals surface area contributed by atoms with E-state index in [-0.39, 0.29) is 11.3 Å². The summed E-state index contributed by atoms with van der Waals surface area (Å²) in [6, 6.07) is 4.06. The van der Waals surface area contributed by atoms with Gasteiger partial charge in [0.1, 0.15) is 11.6 Å². The first kappa shape index (κ1) is 11.7. The van der Waals surface area contributed by atoms with E-state index in [1.165, 1.54) is 12.1 Å². The average Bonchev–Trinajstić information content (AvgIpc) is 2.18. The van der Waals surface area contributed by atoms with Crippen LogP contribution in [0.2, 0.25) is 0 Å². The first-order chi connectivity index (χ1) is 7.00. The molecule has 0 aromatic heterocycles. The van der Waals surface area contributed by atoms with Crippen LogP contribution in [0, 0.1) is 5.82 Å². The Labute approximate surface area is 94.9 Å². The minimum atomic E-state index is -0.503. The lowest BCUT2D eigenvalue weighted by Gasteiger charge is -1.97. The van der Waals surface area contributed by atoms with Crippen LogP contribution in [0.1, 0.15) is 10.4 Å². The van der Waals surface area contributed by atoms with Crippen LogP contribution in [-0.2, 0) is 0 Å². The lowest BCUT2D eigenvalue weighted by molar-refractivity contribution is 0.104. The van der Waals surface area contributed by atoms with E-state index in [0.717, 1.165) is 18.2 Å². The molecule has 0 bridgehead atoms. The van der Waals surface area contributed by atoms with E-state index >= 15 is 0 Å². The second-order valence-electron chi connectivity index (χ2n) is 2.82. The Morgan fingerprint density at radius 1 is 1.47 bits per heavy atom. The Kier molecular flexibility index (Phi) is 3.80. The molecule has 0 aliphatic heterocycles. The van der Waals surface area contributed by atoms with E-state index < -0.39 is 11.6 Å². The number of carbonyl (C=O) groups is 1. The number of halogens is 2. The Bertz CT molecular complexity index is 438. The molecule has 4 heteroatoms. The van der Waals surface area contributed by atoms with E-state index in [0.29, 0.717) is 4.47 Å². The number of aliphatic hydroxyl groups excluding tert-OH is 1. The highest BCUT2D eigenvalue weighted by atomic mass is 79.9. The summed E-state index contributed by atoms with van der Waals surface area (Å²) in [6.45, 7) is 3.19. The zero-order chi connectivity index (χ0) is 11.4. The average molecular weight is 271 g/mol. The van der Waals surface area contributed by atoms with Crippen molar-refractivity contribution in [2.75, 3.05) is 0 Å². The van der Waals surface area contributed by atoms with Gasteiger partial charge < -0.3 is 5.11 Å². The Morgan fingerprint density at radius 3 is 2.67 bits per heavy atom. The number of allylic oxidation sites excluding steroid dienone is 2. The van der Waals surface area contributed by atoms with Crippen LogP contribution in [0.4, 0.5) is 4.39 Å². The molecule has 0 saturated carbocycles. The normalized spacial score (nSPS) is 10.5. The van der Waals surface area contributed by atoms with Crippen molar-refractivity contribution < 1.29 is 14.3 Å². The lowest BCUT2D eigenvalue weighted by atomic mass is 10.1. The molecule has 0 amide bonds. The summed E-state index contributed by atoms with van der Waals surface area (Å²) in [5.74, 6) is -1.12. The molecule has 15 heavy (non-hydrogen) atoms. The fraction of sp³-hybridized carbons (Fsp3) is 0. The van der Waals surface area contributed by atoms with Gasteiger partial charge in [-0.2, -0.15) is 0 Å². The van der Waals surface area contributed by atoms with Gasteiger partial charge in [0.2, 0.25) is 0 Å². The van der Waals surface area contributed by atoms with Gasteiger partial charge in [-0.05, 0) is 46.3 Å². The summed E-state index contributed by atoms with van der Waals surface area (Å²) in [6.07, 6.45) is 2.29. The molecule has 0 heterocycles. The smallest absolute Gasteiger partial charge is 0.186 e. The molecule has 1 aromatic rings. The molecule has 0 aliphatic carbocycles. The second-order valence-corrected chi connectivity index (χ2v) is 3.67. The lowest BCUT2D eigenvalue weighted by Crippen LogP contribution is -1.95. The molecule has 1 rings (SSSR count). The van der Waals surface area contributed by atoms with Gasteiger partial charge in [0, 0.05) is 5.56 Å². The molecule has 0 saturated heterocycles. The number of benzene rings is 1. The van der Waals surface area contributed by atoms with Crippen molar-refractivity contribution >= 4 is 21.7 Å². The third-order valence-electron chi connectivity index (χ3n) is 1.63. The number of hydrogen-bond acceptors (Lipinski definition) is 2. The number of aliphatic hydroxyl groups is 1. The fourth-order valence-electron chi connectivity index (χ4n) is 0.918. The largest absolute Gasteiger partial charge is 0.509 e. The number of carbonyl (C=O) groups excluding carboxylic acids is 1. The van der Waals surface area contributed by atoms with Crippen molar-refractivity contribution in [1.29, 1.82) is 0 Å². The van der Waals surface area contributed by atoms with Crippen molar-refractivity contribution in [1.82, 2.24) is 0 Å². The fourth-order valence-corrected chi connectivity index (χ4v) is 1.16. The van der Waals surface area contributed by atoms with Crippen molar-refractivity contribution in [2.24, 2.45) is 0 Å². The SMILES string of the molecule is C=C(O)/C=C/C(=O)c1ccc(Br)c(F)c1. The quantitative estimate of drug-likeness (QED) is 0.396. The van der Waals surface area contributed by atoms with Crippen molar-refractivity contribution in [3.63, 3.8) is 0 Å². The van der Waals surface area contributed by atoms with Gasteiger partial charge in [0.05, 0.1) is 4.47 Å². The van der Waals surface area contributed by atoms with Crippen LogP contribution in [-0.4, -0.2) is 10.9 Å². The maximum atomic E-state index is 13.0. The van der Waals surface area contributed by atoms with Crippen LogP contribution in [0.5, 0.6) is 0 Å². The van der Waals surface area contributed by atoms with Gasteiger partial charge in [-0.15, -0.1) is 0 Å². The van der Waals surface area contributed by atoms with Gasteiger partial charge in [0.25, 0.3) is 0 Å². The molecule has 0 radical (unpaired) electrons. The van der Waals surface area contributed by atoms with Crippen molar-refractivity contribution in [3.05, 3.63) is 58.5 Å². The van der Waals surface area contributed by atoms with Crippen LogP contribution < -0.4 is 0 Å². The van der Waals surface area contributed by atoms with Gasteiger partial charge >= 0.3 is 0 Å². The molecule has 78 valence electrons. The van der Waals surface area contributed by atoms with Gasteiger partial charge in [-0.3, -0.25) is 4.79 Å². The zero-order valence-corrected chi connectivity index (χ0v) is 9.29. The summed E-state index contributed by atoms with van der Waals surface area (Å²) in [7, 11) is 0. The van der Waals surface area contributed by atoms with Gasteiger partial charge in [-0.25, -0.2) is 4.39 Å². The van der Waals surface area contributed by atoms with E-state index in [1.54, 1.807) is 0 Å². The summed E-state index contributed by atoms with van der Waals surface area (Å²) >= 11 is 2.98. The predicted molar refractivity (Wildman–Crippen MR) is 59.3 cm³/mol. The van der Waals surface area contributed by atoms with Crippen molar-refractivity contribution in [2.45, 2.75) is 0 Å². The Hall–Kier alpha value is -1.42. The third kappa shape index (κ3) is 3.32. The van der Waals surface area contributed by atoms with E-state index in [1.807, 2.05) is 0 Å². The monoisotopic (exact) mass is 270 g/mol. The van der Waals surface area contributed by atoms with Crippen LogP contribution in [0.25, 0.3) is 0 Å². The number of hydrogen-bond donors (Lipinski definition) is 1. The predicted octanol–water partition coefficient (Wildman–Crippen LogP) is 3.40. The topological polar surface area (TPSA) is 37.3 Å². The molecule has 0 aliphatic rings. The molecule has 0 spiro atoms. The van der Waals surface area contributed by atoms with Crippen LogP contribution in [0.15, 0.2) is 47.2 Å². The zero-order valence-electron chi connectivity index (χ0n) is 7.71. The molecular weight excluding hydrogens is 263 g/mol. The molecular formula is C11H8BrFO2. The molecule has 1 aromatic carbocycles. The standard InChI is InChI=1S/C11H8BrFO2/c1-7(14)2-5-11(15)8-3-4-9(12)10(13)6-8/h2-6,14H,1H2/b5-2+. The van der Waals surface area contributed by atoms with Gasteiger partial charge in [0.15, 0.2) is 5.78 Å². The summed E-state index contributed by atoms with van der Waals surface area (Å²) in [5.41, 5.74) is 0.216. The molecule has 0 unspecified atom stereocenters. The molecule has 1 N–H and O–H groups in total. The van der Waals surface area contributed by atoms with Crippen LogP contribution in [0.3, 0.4) is 0 Å². The summed E-state index contributed by atoms with van der Waals surface area (Å²) in [5, 5.41) is 8.73. The molecule has 0 fully saturated rings. The van der Waals surface area contributed by atoms with Crippen molar-refractivity contribution in [3.8, 4) is 0 Å². The minimum Gasteiger partial charge on any atom is -0.509 e. The maximum Gasteiger partial charge on any atom is 0.186 e. The first-order valence-corrected chi connectivity index (χ1v) is 4.85. The molecule has 2 nitrogen and oxygen atoms in total. The second kappa shape index (κ2) is 4.89. The highest BCUT2D eigenvalue weighted by molar-refractivity contribution is 9.10. The van der Waals surface area contributed by atoms with E-state index in [4.69, 9.17) is 5.11 Å². The summed E-state index contributed by atoms with van der Waals surface area (Å²) < 4.78 is 13.3. The van der Waals surface area contributed by atoms with Gasteiger partial charge in [-0.1, -0.05) is 6.58 Å². The molecule has 0 atom stereocenters. The Balaban J connectivity index is 2.92. The number of rotatable bonds is 3. The number of ketones is 1. The maximum absolute atomic E-state index is 13.0. The highest BCUT2D eigenvalue weighted by Crippen LogP contribution is 2.16. The third-order valence-corrected chi connectivity index (χ3v) is 2.27. The Morgan fingerprint density at radius 2 is 2.13 bits per heavy atom. The van der Waals surface area contributed by atoms with E-state index in [9.17, 15) is 9.18 Å². The summed E-state index contributed by atoms with van der Waals surface area (Å²) in [4.78, 5) is 11.4. The highest BCUT2D eigenvalue weighted by Gasteiger charge is 2.05. The minimum absolute atomic E-state index is 0.216. The first-order valence-electron chi connectivity index (χ1n) is 4.06.